The van der Waals surface area contributed by atoms with E-state index >= 15 is 0 Å². The van der Waals surface area contributed by atoms with Gasteiger partial charge in [-0.3, -0.25) is 0 Å². The van der Waals surface area contributed by atoms with Crippen molar-refractivity contribution in [2.45, 2.75) is 39.5 Å². The van der Waals surface area contributed by atoms with Crippen molar-refractivity contribution in [3.8, 4) is 5.75 Å². The molecule has 0 saturated heterocycles. The Morgan fingerprint density at radius 1 is 1.12 bits per heavy atom. The summed E-state index contributed by atoms with van der Waals surface area (Å²) in [4.78, 5) is 0. The fourth-order valence-corrected chi connectivity index (χ4v) is 1.42. The standard InChI is InChI=1S/C14H23NO2/c1-11(2)15-9-12(3)17-10-13-5-7-14(16-4)8-6-13/h5-8,11-12,15H,9-10H2,1-4H3. The Hall–Kier alpha value is -1.06. The van der Waals surface area contributed by atoms with Gasteiger partial charge in [-0.2, -0.15) is 0 Å². The maximum atomic E-state index is 5.75. The van der Waals surface area contributed by atoms with E-state index in [0.717, 1.165) is 12.3 Å². The summed E-state index contributed by atoms with van der Waals surface area (Å²) >= 11 is 0. The zero-order valence-electron chi connectivity index (χ0n) is 11.2. The normalized spacial score (nSPS) is 12.8. The van der Waals surface area contributed by atoms with Crippen molar-refractivity contribution in [1.82, 2.24) is 5.32 Å². The molecule has 1 unspecified atom stereocenters. The fraction of sp³-hybridized carbons (Fsp3) is 0.571. The number of methoxy groups -OCH3 is 1. The molecule has 0 saturated carbocycles. The number of benzene rings is 1. The number of hydrogen-bond acceptors (Lipinski definition) is 3. The summed E-state index contributed by atoms with van der Waals surface area (Å²) < 4.78 is 10.9. The van der Waals surface area contributed by atoms with Gasteiger partial charge in [0.05, 0.1) is 19.8 Å². The van der Waals surface area contributed by atoms with Crippen LogP contribution in [0.15, 0.2) is 24.3 Å². The molecule has 96 valence electrons. The first-order chi connectivity index (χ1) is 8.11. The molecule has 0 fully saturated rings. The third-order valence-electron chi connectivity index (χ3n) is 2.51. The van der Waals surface area contributed by atoms with Gasteiger partial charge in [0, 0.05) is 12.6 Å². The lowest BCUT2D eigenvalue weighted by Crippen LogP contribution is -2.31. The summed E-state index contributed by atoms with van der Waals surface area (Å²) in [5.41, 5.74) is 1.17. The van der Waals surface area contributed by atoms with Gasteiger partial charge in [0.1, 0.15) is 5.75 Å². The third-order valence-corrected chi connectivity index (χ3v) is 2.51. The van der Waals surface area contributed by atoms with Crippen molar-refractivity contribution in [1.29, 1.82) is 0 Å². The second-order valence-electron chi connectivity index (χ2n) is 4.53. The molecule has 0 bridgehead atoms. The Labute approximate surface area is 104 Å². The highest BCUT2D eigenvalue weighted by atomic mass is 16.5. The van der Waals surface area contributed by atoms with Crippen LogP contribution in [0.2, 0.25) is 0 Å². The highest BCUT2D eigenvalue weighted by Crippen LogP contribution is 2.12. The van der Waals surface area contributed by atoms with Crippen LogP contribution in [0.5, 0.6) is 5.75 Å². The van der Waals surface area contributed by atoms with Gasteiger partial charge < -0.3 is 14.8 Å². The molecular formula is C14H23NO2. The van der Waals surface area contributed by atoms with Gasteiger partial charge in [-0.15, -0.1) is 0 Å². The summed E-state index contributed by atoms with van der Waals surface area (Å²) in [5, 5.41) is 3.35. The molecule has 0 heterocycles. The Morgan fingerprint density at radius 3 is 2.29 bits per heavy atom. The van der Waals surface area contributed by atoms with E-state index < -0.39 is 0 Å². The van der Waals surface area contributed by atoms with Crippen molar-refractivity contribution >= 4 is 0 Å². The van der Waals surface area contributed by atoms with E-state index in [1.165, 1.54) is 5.56 Å². The molecule has 3 nitrogen and oxygen atoms in total. The summed E-state index contributed by atoms with van der Waals surface area (Å²) in [7, 11) is 1.67. The summed E-state index contributed by atoms with van der Waals surface area (Å²) in [6, 6.07) is 8.47. The molecule has 1 N–H and O–H groups in total. The van der Waals surface area contributed by atoms with Crippen LogP contribution in [0, 0.1) is 0 Å². The van der Waals surface area contributed by atoms with E-state index in [1.807, 2.05) is 24.3 Å². The number of nitrogens with one attached hydrogen (secondary N) is 1. The summed E-state index contributed by atoms with van der Waals surface area (Å²) in [6.07, 6.45) is 0.222. The average Bonchev–Trinajstić information content (AvgIpc) is 2.34. The molecule has 17 heavy (non-hydrogen) atoms. The molecule has 1 atom stereocenters. The average molecular weight is 237 g/mol. The lowest BCUT2D eigenvalue weighted by atomic mass is 10.2. The topological polar surface area (TPSA) is 30.5 Å². The van der Waals surface area contributed by atoms with Gasteiger partial charge in [-0.05, 0) is 24.6 Å². The minimum Gasteiger partial charge on any atom is -0.497 e. The molecule has 0 spiro atoms. The van der Waals surface area contributed by atoms with Crippen molar-refractivity contribution in [2.24, 2.45) is 0 Å². The Kier molecular flexibility index (Phi) is 6.01. The number of rotatable bonds is 7. The van der Waals surface area contributed by atoms with E-state index in [0.29, 0.717) is 12.6 Å². The maximum Gasteiger partial charge on any atom is 0.118 e. The predicted octanol–water partition coefficient (Wildman–Crippen LogP) is 2.60. The SMILES string of the molecule is COc1ccc(COC(C)CNC(C)C)cc1. The molecule has 1 rings (SSSR count). The summed E-state index contributed by atoms with van der Waals surface area (Å²) in [6.45, 7) is 7.88. The molecule has 0 aliphatic rings. The van der Waals surface area contributed by atoms with Crippen LogP contribution in [0.3, 0.4) is 0 Å². The van der Waals surface area contributed by atoms with Gasteiger partial charge >= 0.3 is 0 Å². The first-order valence-corrected chi connectivity index (χ1v) is 6.09. The Bertz CT molecular complexity index is 309. The van der Waals surface area contributed by atoms with E-state index in [4.69, 9.17) is 9.47 Å². The van der Waals surface area contributed by atoms with Gasteiger partial charge in [-0.1, -0.05) is 26.0 Å². The van der Waals surface area contributed by atoms with Crippen LogP contribution in [0.25, 0.3) is 0 Å². The van der Waals surface area contributed by atoms with Gasteiger partial charge in [-0.25, -0.2) is 0 Å². The third kappa shape index (κ3) is 5.71. The lowest BCUT2D eigenvalue weighted by Gasteiger charge is -2.16. The molecule has 1 aromatic rings. The smallest absolute Gasteiger partial charge is 0.118 e. The maximum absolute atomic E-state index is 5.75. The molecule has 1 aromatic carbocycles. The number of ether oxygens (including phenoxy) is 2. The largest absolute Gasteiger partial charge is 0.497 e. The fourth-order valence-electron chi connectivity index (χ4n) is 1.42. The van der Waals surface area contributed by atoms with Crippen LogP contribution in [-0.4, -0.2) is 25.8 Å². The Balaban J connectivity index is 2.29. The van der Waals surface area contributed by atoms with E-state index in [-0.39, 0.29) is 6.10 Å². The number of hydrogen-bond donors (Lipinski definition) is 1. The van der Waals surface area contributed by atoms with Gasteiger partial charge in [0.2, 0.25) is 0 Å². The van der Waals surface area contributed by atoms with E-state index in [9.17, 15) is 0 Å². The zero-order chi connectivity index (χ0) is 12.7. The first-order valence-electron chi connectivity index (χ1n) is 6.09. The lowest BCUT2D eigenvalue weighted by molar-refractivity contribution is 0.0520. The predicted molar refractivity (Wildman–Crippen MR) is 70.4 cm³/mol. The zero-order valence-corrected chi connectivity index (χ0v) is 11.2. The minimum atomic E-state index is 0.222. The molecule has 0 aromatic heterocycles. The van der Waals surface area contributed by atoms with E-state index in [1.54, 1.807) is 7.11 Å². The highest BCUT2D eigenvalue weighted by molar-refractivity contribution is 5.26. The van der Waals surface area contributed by atoms with Crippen LogP contribution >= 0.6 is 0 Å². The molecule has 3 heteroatoms. The highest BCUT2D eigenvalue weighted by Gasteiger charge is 2.03. The quantitative estimate of drug-likeness (QED) is 0.790. The second kappa shape index (κ2) is 7.30. The molecule has 0 aliphatic carbocycles. The van der Waals surface area contributed by atoms with Crippen molar-refractivity contribution in [2.75, 3.05) is 13.7 Å². The second-order valence-corrected chi connectivity index (χ2v) is 4.53. The minimum absolute atomic E-state index is 0.222. The van der Waals surface area contributed by atoms with Crippen LogP contribution in [-0.2, 0) is 11.3 Å². The molecule has 0 amide bonds. The molecule has 0 aliphatic heterocycles. The Morgan fingerprint density at radius 2 is 1.76 bits per heavy atom. The van der Waals surface area contributed by atoms with Crippen molar-refractivity contribution in [3.05, 3.63) is 29.8 Å². The summed E-state index contributed by atoms with van der Waals surface area (Å²) in [5.74, 6) is 0.878. The first kappa shape index (κ1) is 14.0. The van der Waals surface area contributed by atoms with Gasteiger partial charge in [0.15, 0.2) is 0 Å². The van der Waals surface area contributed by atoms with Crippen LogP contribution in [0.1, 0.15) is 26.3 Å². The molecular weight excluding hydrogens is 214 g/mol. The van der Waals surface area contributed by atoms with E-state index in [2.05, 4.69) is 26.1 Å². The van der Waals surface area contributed by atoms with Crippen LogP contribution < -0.4 is 10.1 Å². The molecule has 0 radical (unpaired) electrons. The monoisotopic (exact) mass is 237 g/mol. The van der Waals surface area contributed by atoms with Crippen molar-refractivity contribution in [3.63, 3.8) is 0 Å². The van der Waals surface area contributed by atoms with Crippen LogP contribution in [0.4, 0.5) is 0 Å². The van der Waals surface area contributed by atoms with Crippen molar-refractivity contribution < 1.29 is 9.47 Å². The van der Waals surface area contributed by atoms with Gasteiger partial charge in [0.25, 0.3) is 0 Å².